The van der Waals surface area contributed by atoms with Gasteiger partial charge in [-0.25, -0.2) is 4.98 Å². The lowest BCUT2D eigenvalue weighted by Gasteiger charge is -2.28. The minimum atomic E-state index is -0.506. The molecule has 0 amide bonds. The summed E-state index contributed by atoms with van der Waals surface area (Å²) < 4.78 is 5.23. The maximum absolute atomic E-state index is 13.0. The molecule has 2 aromatic heterocycles. The van der Waals surface area contributed by atoms with E-state index in [2.05, 4.69) is 23.7 Å². The van der Waals surface area contributed by atoms with E-state index in [-0.39, 0.29) is 11.6 Å². The molecule has 6 nitrogen and oxygen atoms in total. The number of fused-ring (bicyclic) bond motifs is 1. The lowest BCUT2D eigenvalue weighted by molar-refractivity contribution is 0.0892. The molecule has 0 saturated heterocycles. The van der Waals surface area contributed by atoms with Crippen molar-refractivity contribution in [2.45, 2.75) is 39.0 Å². The van der Waals surface area contributed by atoms with Crippen LogP contribution in [0.15, 0.2) is 64.8 Å². The fourth-order valence-electron chi connectivity index (χ4n) is 3.92. The van der Waals surface area contributed by atoms with Crippen molar-refractivity contribution in [3.8, 4) is 16.9 Å². The summed E-state index contributed by atoms with van der Waals surface area (Å²) >= 11 is 1.47. The standard InChI is InChI=1S/C26H29N3O3S/c1-17(2)29(14-20(30)13-18-7-5-4-6-8-18)15-23-27-25(31)24-22(16-33-26(24)28-23)19-9-11-21(32-3)12-10-19/h4-12,16-17,20,30H,13-15H2,1-3H3,(H,27,28,31)/t20-/m1/s1. The van der Waals surface area contributed by atoms with E-state index >= 15 is 0 Å². The molecule has 2 aromatic carbocycles. The van der Waals surface area contributed by atoms with E-state index in [0.717, 1.165) is 22.4 Å². The summed E-state index contributed by atoms with van der Waals surface area (Å²) in [4.78, 5) is 23.6. The first-order valence-corrected chi connectivity index (χ1v) is 11.9. The van der Waals surface area contributed by atoms with Crippen LogP contribution in [0.4, 0.5) is 0 Å². The lowest BCUT2D eigenvalue weighted by atomic mass is 10.1. The van der Waals surface area contributed by atoms with Gasteiger partial charge in [-0.2, -0.15) is 0 Å². The Morgan fingerprint density at radius 1 is 1.12 bits per heavy atom. The molecule has 1 atom stereocenters. The Labute approximate surface area is 197 Å². The highest BCUT2D eigenvalue weighted by atomic mass is 32.1. The molecule has 0 bridgehead atoms. The van der Waals surface area contributed by atoms with Crippen LogP contribution in [-0.2, 0) is 13.0 Å². The van der Waals surface area contributed by atoms with Gasteiger partial charge in [0.15, 0.2) is 0 Å². The fraction of sp³-hybridized carbons (Fsp3) is 0.308. The van der Waals surface area contributed by atoms with Crippen molar-refractivity contribution in [2.75, 3.05) is 13.7 Å². The normalized spacial score (nSPS) is 12.5. The highest BCUT2D eigenvalue weighted by molar-refractivity contribution is 7.17. The molecule has 0 saturated carbocycles. The number of aromatic nitrogens is 2. The second-order valence-corrected chi connectivity index (χ2v) is 9.30. The van der Waals surface area contributed by atoms with E-state index in [0.29, 0.717) is 35.6 Å². The number of hydrogen-bond donors (Lipinski definition) is 2. The summed E-state index contributed by atoms with van der Waals surface area (Å²) in [5.74, 6) is 1.38. The van der Waals surface area contributed by atoms with Gasteiger partial charge in [-0.15, -0.1) is 11.3 Å². The minimum absolute atomic E-state index is 0.143. The quantitative estimate of drug-likeness (QED) is 0.383. The van der Waals surface area contributed by atoms with Crippen molar-refractivity contribution in [3.63, 3.8) is 0 Å². The molecule has 0 spiro atoms. The number of H-pyrrole nitrogens is 1. The monoisotopic (exact) mass is 463 g/mol. The molecule has 2 heterocycles. The highest BCUT2D eigenvalue weighted by Crippen LogP contribution is 2.31. The molecule has 7 heteroatoms. The summed E-state index contributed by atoms with van der Waals surface area (Å²) in [6.45, 7) is 5.12. The van der Waals surface area contributed by atoms with Crippen LogP contribution < -0.4 is 10.3 Å². The highest BCUT2D eigenvalue weighted by Gasteiger charge is 2.19. The van der Waals surface area contributed by atoms with E-state index in [9.17, 15) is 9.90 Å². The zero-order valence-electron chi connectivity index (χ0n) is 19.1. The molecule has 0 fully saturated rings. The predicted octanol–water partition coefficient (Wildman–Crippen LogP) is 4.47. The third-order valence-electron chi connectivity index (χ3n) is 5.74. The van der Waals surface area contributed by atoms with Gasteiger partial charge < -0.3 is 14.8 Å². The van der Waals surface area contributed by atoms with E-state index in [1.165, 1.54) is 11.3 Å². The summed E-state index contributed by atoms with van der Waals surface area (Å²) in [6.07, 6.45) is 0.0806. The fourth-order valence-corrected chi connectivity index (χ4v) is 4.89. The molecule has 2 N–H and O–H groups in total. The first-order valence-electron chi connectivity index (χ1n) is 11.1. The molecule has 172 valence electrons. The molecular weight excluding hydrogens is 434 g/mol. The minimum Gasteiger partial charge on any atom is -0.497 e. The van der Waals surface area contributed by atoms with E-state index in [1.54, 1.807) is 7.11 Å². The number of aromatic amines is 1. The average Bonchev–Trinajstić information content (AvgIpc) is 3.24. The summed E-state index contributed by atoms with van der Waals surface area (Å²) in [6, 6.07) is 17.8. The lowest BCUT2D eigenvalue weighted by Crippen LogP contribution is -2.38. The van der Waals surface area contributed by atoms with E-state index in [1.807, 2.05) is 60.0 Å². The van der Waals surface area contributed by atoms with Gasteiger partial charge in [-0.3, -0.25) is 9.69 Å². The number of ether oxygens (including phenoxy) is 1. The zero-order valence-corrected chi connectivity index (χ0v) is 19.9. The SMILES string of the molecule is COc1ccc(-c2csc3nc(CN(C[C@H](O)Cc4ccccc4)C(C)C)[nH]c(=O)c23)cc1. The number of rotatable bonds is 9. The van der Waals surface area contributed by atoms with Crippen LogP contribution in [0.3, 0.4) is 0 Å². The number of methoxy groups -OCH3 is 1. The van der Waals surface area contributed by atoms with E-state index in [4.69, 9.17) is 9.72 Å². The van der Waals surface area contributed by atoms with Gasteiger partial charge in [0.2, 0.25) is 0 Å². The number of aliphatic hydroxyl groups is 1. The molecule has 0 unspecified atom stereocenters. The Balaban J connectivity index is 1.54. The average molecular weight is 464 g/mol. The number of aliphatic hydroxyl groups excluding tert-OH is 1. The Morgan fingerprint density at radius 3 is 2.52 bits per heavy atom. The van der Waals surface area contributed by atoms with Crippen molar-refractivity contribution in [3.05, 3.63) is 81.7 Å². The molecule has 0 aliphatic carbocycles. The van der Waals surface area contributed by atoms with Crippen LogP contribution in [0.5, 0.6) is 5.75 Å². The van der Waals surface area contributed by atoms with Crippen molar-refractivity contribution in [1.82, 2.24) is 14.9 Å². The molecule has 0 radical (unpaired) electrons. The maximum Gasteiger partial charge on any atom is 0.260 e. The second-order valence-electron chi connectivity index (χ2n) is 8.44. The number of nitrogens with zero attached hydrogens (tertiary/aromatic N) is 2. The smallest absolute Gasteiger partial charge is 0.260 e. The number of nitrogens with one attached hydrogen (secondary N) is 1. The topological polar surface area (TPSA) is 78.5 Å². The largest absolute Gasteiger partial charge is 0.497 e. The third kappa shape index (κ3) is 5.50. The van der Waals surface area contributed by atoms with Crippen molar-refractivity contribution in [2.24, 2.45) is 0 Å². The number of thiophene rings is 1. The molecule has 33 heavy (non-hydrogen) atoms. The molecule has 0 aliphatic heterocycles. The number of benzene rings is 2. The molecule has 0 aliphatic rings. The molecule has 4 rings (SSSR count). The third-order valence-corrected chi connectivity index (χ3v) is 6.61. The molecular formula is C26H29N3O3S. The Hall–Kier alpha value is -3.00. The first kappa shape index (κ1) is 23.2. The van der Waals surface area contributed by atoms with Gasteiger partial charge in [-0.1, -0.05) is 42.5 Å². The Kier molecular flexibility index (Phi) is 7.23. The zero-order chi connectivity index (χ0) is 23.4. The van der Waals surface area contributed by atoms with Gasteiger partial charge in [0.1, 0.15) is 16.4 Å². The van der Waals surface area contributed by atoms with Crippen LogP contribution >= 0.6 is 11.3 Å². The summed E-state index contributed by atoms with van der Waals surface area (Å²) in [5, 5.41) is 13.2. The molecule has 4 aromatic rings. The van der Waals surface area contributed by atoms with Crippen LogP contribution in [0.25, 0.3) is 21.3 Å². The van der Waals surface area contributed by atoms with Crippen LogP contribution in [0, 0.1) is 0 Å². The maximum atomic E-state index is 13.0. The Morgan fingerprint density at radius 2 is 1.85 bits per heavy atom. The Bertz CT molecular complexity index is 1250. The van der Waals surface area contributed by atoms with Crippen LogP contribution in [-0.4, -0.2) is 45.8 Å². The number of hydrogen-bond acceptors (Lipinski definition) is 6. The van der Waals surface area contributed by atoms with Crippen molar-refractivity contribution < 1.29 is 9.84 Å². The van der Waals surface area contributed by atoms with Crippen molar-refractivity contribution >= 4 is 21.6 Å². The second kappa shape index (κ2) is 10.3. The van der Waals surface area contributed by atoms with Crippen molar-refractivity contribution in [1.29, 1.82) is 0 Å². The van der Waals surface area contributed by atoms with E-state index < -0.39 is 6.10 Å². The van der Waals surface area contributed by atoms with Gasteiger partial charge >= 0.3 is 0 Å². The van der Waals surface area contributed by atoms with Crippen LogP contribution in [0.2, 0.25) is 0 Å². The first-order chi connectivity index (χ1) is 15.9. The van der Waals surface area contributed by atoms with Crippen LogP contribution in [0.1, 0.15) is 25.2 Å². The summed E-state index contributed by atoms with van der Waals surface area (Å²) in [7, 11) is 1.63. The van der Waals surface area contributed by atoms with Gasteiger partial charge in [0, 0.05) is 23.5 Å². The van der Waals surface area contributed by atoms with Gasteiger partial charge in [-0.05, 0) is 43.5 Å². The predicted molar refractivity (Wildman–Crippen MR) is 134 cm³/mol. The van der Waals surface area contributed by atoms with Gasteiger partial charge in [0.05, 0.1) is 25.1 Å². The summed E-state index contributed by atoms with van der Waals surface area (Å²) in [5.41, 5.74) is 2.79. The van der Waals surface area contributed by atoms with Gasteiger partial charge in [0.25, 0.3) is 5.56 Å².